The minimum absolute atomic E-state index is 0.00582. The van der Waals surface area contributed by atoms with Crippen molar-refractivity contribution in [3.63, 3.8) is 0 Å². The second kappa shape index (κ2) is 6.44. The average molecular weight is 344 g/mol. The number of anilines is 1. The van der Waals surface area contributed by atoms with E-state index in [1.165, 1.54) is 13.2 Å². The van der Waals surface area contributed by atoms with Crippen LogP contribution >= 0.6 is 0 Å². The minimum Gasteiger partial charge on any atom is -0.459 e. The first kappa shape index (κ1) is 16.0. The first-order valence-electron chi connectivity index (χ1n) is 8.27. The van der Waals surface area contributed by atoms with Gasteiger partial charge in [-0.05, 0) is 36.8 Å². The highest BCUT2D eigenvalue weighted by molar-refractivity contribution is 6.18. The standard InChI is InChI=1S/C21H16N2O3/c1-14(24)15-7-4-8-17(12-15)23-13-16-6-2-3-9-18(16)20(23)22-21(25)19-10-5-11-26-19/h2-12H,13H2,1H3. The van der Waals surface area contributed by atoms with Crippen LogP contribution in [-0.2, 0) is 6.54 Å². The Hall–Kier alpha value is -3.47. The van der Waals surface area contributed by atoms with E-state index in [4.69, 9.17) is 4.42 Å². The fraction of sp³-hybridized carbons (Fsp3) is 0.0952. The molecule has 0 aliphatic carbocycles. The molecule has 0 saturated carbocycles. The molecule has 5 nitrogen and oxygen atoms in total. The maximum atomic E-state index is 12.5. The number of aliphatic imine (C=N–C) groups is 1. The molecule has 1 aromatic heterocycles. The lowest BCUT2D eigenvalue weighted by atomic mass is 10.1. The predicted molar refractivity (Wildman–Crippen MR) is 98.6 cm³/mol. The summed E-state index contributed by atoms with van der Waals surface area (Å²) in [6.45, 7) is 2.12. The van der Waals surface area contributed by atoms with Gasteiger partial charge < -0.3 is 9.32 Å². The molecule has 128 valence electrons. The topological polar surface area (TPSA) is 62.9 Å². The predicted octanol–water partition coefficient (Wildman–Crippen LogP) is 4.09. The molecule has 4 rings (SSSR count). The van der Waals surface area contributed by atoms with Gasteiger partial charge >= 0.3 is 5.91 Å². The van der Waals surface area contributed by atoms with Gasteiger partial charge in [-0.1, -0.05) is 36.4 Å². The van der Waals surface area contributed by atoms with Crippen LogP contribution in [0.15, 0.2) is 76.3 Å². The quantitative estimate of drug-likeness (QED) is 0.671. The molecule has 1 amide bonds. The van der Waals surface area contributed by atoms with Gasteiger partial charge in [-0.25, -0.2) is 0 Å². The maximum Gasteiger partial charge on any atom is 0.314 e. The fourth-order valence-electron chi connectivity index (χ4n) is 3.05. The summed E-state index contributed by atoms with van der Waals surface area (Å²) in [7, 11) is 0. The van der Waals surface area contributed by atoms with E-state index < -0.39 is 5.91 Å². The monoisotopic (exact) mass is 344 g/mol. The Kier molecular flexibility index (Phi) is 3.97. The zero-order valence-corrected chi connectivity index (χ0v) is 14.2. The van der Waals surface area contributed by atoms with E-state index in [0.717, 1.165) is 16.8 Å². The summed E-state index contributed by atoms with van der Waals surface area (Å²) in [4.78, 5) is 30.5. The third-order valence-electron chi connectivity index (χ3n) is 4.35. The Morgan fingerprint density at radius 3 is 2.65 bits per heavy atom. The highest BCUT2D eigenvalue weighted by atomic mass is 16.3. The number of nitrogens with zero attached hydrogens (tertiary/aromatic N) is 2. The summed E-state index contributed by atoms with van der Waals surface area (Å²) in [6, 6.07) is 18.4. The lowest BCUT2D eigenvalue weighted by Crippen LogP contribution is -2.25. The molecule has 1 aliphatic rings. The fourth-order valence-corrected chi connectivity index (χ4v) is 3.05. The number of ketones is 1. The third-order valence-corrected chi connectivity index (χ3v) is 4.35. The molecule has 1 aliphatic heterocycles. The number of furan rings is 1. The van der Waals surface area contributed by atoms with Crippen molar-refractivity contribution >= 4 is 23.2 Å². The Labute approximate surface area is 150 Å². The Morgan fingerprint density at radius 2 is 1.88 bits per heavy atom. The molecule has 0 spiro atoms. The Morgan fingerprint density at radius 1 is 1.04 bits per heavy atom. The molecule has 0 saturated heterocycles. The van der Waals surface area contributed by atoms with Crippen molar-refractivity contribution in [2.24, 2.45) is 4.99 Å². The van der Waals surface area contributed by atoms with E-state index in [1.807, 2.05) is 47.4 Å². The zero-order chi connectivity index (χ0) is 18.1. The van der Waals surface area contributed by atoms with Crippen LogP contribution in [0.5, 0.6) is 0 Å². The molecule has 5 heteroatoms. The van der Waals surface area contributed by atoms with Crippen LogP contribution in [0.2, 0.25) is 0 Å². The lowest BCUT2D eigenvalue weighted by Gasteiger charge is -2.19. The summed E-state index contributed by atoms with van der Waals surface area (Å²) in [6.07, 6.45) is 1.45. The first-order valence-corrected chi connectivity index (χ1v) is 8.27. The summed E-state index contributed by atoms with van der Waals surface area (Å²) in [5.41, 5.74) is 3.42. The number of amidine groups is 1. The molecule has 0 unspecified atom stereocenters. The molecule has 0 fully saturated rings. The van der Waals surface area contributed by atoms with Crippen molar-refractivity contribution in [1.82, 2.24) is 0 Å². The normalized spacial score (nSPS) is 14.5. The summed E-state index contributed by atoms with van der Waals surface area (Å²) < 4.78 is 5.17. The number of Topliss-reactive ketones (excluding diaryl/α,β-unsaturated/α-hetero) is 1. The van der Waals surface area contributed by atoms with Crippen LogP contribution < -0.4 is 4.90 Å². The average Bonchev–Trinajstić information content (AvgIpc) is 3.30. The van der Waals surface area contributed by atoms with E-state index in [0.29, 0.717) is 17.9 Å². The van der Waals surface area contributed by atoms with E-state index >= 15 is 0 Å². The molecule has 2 heterocycles. The van der Waals surface area contributed by atoms with Gasteiger partial charge in [0.15, 0.2) is 11.5 Å². The van der Waals surface area contributed by atoms with E-state index in [2.05, 4.69) is 4.99 Å². The molecule has 0 radical (unpaired) electrons. The molecule has 0 bridgehead atoms. The van der Waals surface area contributed by atoms with Crippen molar-refractivity contribution in [3.05, 3.63) is 89.4 Å². The first-order chi connectivity index (χ1) is 12.6. The van der Waals surface area contributed by atoms with Crippen molar-refractivity contribution in [3.8, 4) is 0 Å². The van der Waals surface area contributed by atoms with Crippen LogP contribution in [0.1, 0.15) is 39.0 Å². The smallest absolute Gasteiger partial charge is 0.314 e. The van der Waals surface area contributed by atoms with Gasteiger partial charge in [0.2, 0.25) is 0 Å². The maximum absolute atomic E-state index is 12.5. The van der Waals surface area contributed by atoms with Gasteiger partial charge in [0.25, 0.3) is 0 Å². The van der Waals surface area contributed by atoms with E-state index in [-0.39, 0.29) is 11.5 Å². The van der Waals surface area contributed by atoms with E-state index in [9.17, 15) is 9.59 Å². The van der Waals surface area contributed by atoms with Crippen LogP contribution in [0, 0.1) is 0 Å². The largest absolute Gasteiger partial charge is 0.459 e. The number of carbonyl (C=O) groups is 2. The zero-order valence-electron chi connectivity index (χ0n) is 14.2. The van der Waals surface area contributed by atoms with Gasteiger partial charge in [0.05, 0.1) is 12.8 Å². The van der Waals surface area contributed by atoms with Crippen molar-refractivity contribution in [2.45, 2.75) is 13.5 Å². The second-order valence-electron chi connectivity index (χ2n) is 6.07. The number of fused-ring (bicyclic) bond motifs is 1. The van der Waals surface area contributed by atoms with Gasteiger partial charge in [0, 0.05) is 16.8 Å². The van der Waals surface area contributed by atoms with E-state index in [1.54, 1.807) is 18.2 Å². The molecule has 3 aromatic rings. The number of hydrogen-bond donors (Lipinski definition) is 0. The highest BCUT2D eigenvalue weighted by Crippen LogP contribution is 2.29. The van der Waals surface area contributed by atoms with Gasteiger partial charge in [-0.3, -0.25) is 9.59 Å². The van der Waals surface area contributed by atoms with Crippen LogP contribution in [0.4, 0.5) is 5.69 Å². The Bertz CT molecular complexity index is 1020. The summed E-state index contributed by atoms with van der Waals surface area (Å²) in [5, 5.41) is 0. The molecule has 0 N–H and O–H groups in total. The van der Waals surface area contributed by atoms with Crippen molar-refractivity contribution in [1.29, 1.82) is 0 Å². The second-order valence-corrected chi connectivity index (χ2v) is 6.07. The van der Waals surface area contributed by atoms with Crippen molar-refractivity contribution < 1.29 is 14.0 Å². The van der Waals surface area contributed by atoms with Crippen molar-refractivity contribution in [2.75, 3.05) is 4.90 Å². The SMILES string of the molecule is CC(=O)c1cccc(N2Cc3ccccc3C2=NC(=O)c2ccco2)c1. The van der Waals surface area contributed by atoms with Gasteiger partial charge in [-0.2, -0.15) is 4.99 Å². The molecular weight excluding hydrogens is 328 g/mol. The number of hydrogen-bond acceptors (Lipinski definition) is 3. The van der Waals surface area contributed by atoms with Gasteiger partial charge in [-0.15, -0.1) is 0 Å². The summed E-state index contributed by atoms with van der Waals surface area (Å²) >= 11 is 0. The van der Waals surface area contributed by atoms with Crippen LogP contribution in [0.3, 0.4) is 0 Å². The van der Waals surface area contributed by atoms with Crippen LogP contribution in [-0.4, -0.2) is 17.5 Å². The molecule has 26 heavy (non-hydrogen) atoms. The summed E-state index contributed by atoms with van der Waals surface area (Å²) in [5.74, 6) is 0.310. The van der Waals surface area contributed by atoms with Crippen LogP contribution in [0.25, 0.3) is 0 Å². The number of benzene rings is 2. The minimum atomic E-state index is -0.436. The number of carbonyl (C=O) groups excluding carboxylic acids is 2. The molecule has 0 atom stereocenters. The number of rotatable bonds is 3. The molecule has 2 aromatic carbocycles. The molecular formula is C21H16N2O3. The highest BCUT2D eigenvalue weighted by Gasteiger charge is 2.28. The lowest BCUT2D eigenvalue weighted by molar-refractivity contribution is 0.0975. The Balaban J connectivity index is 1.80. The third kappa shape index (κ3) is 2.84. The number of amides is 1. The van der Waals surface area contributed by atoms with Gasteiger partial charge in [0.1, 0.15) is 5.84 Å².